The zero-order valence-electron chi connectivity index (χ0n) is 12.7. The summed E-state index contributed by atoms with van der Waals surface area (Å²) in [6.45, 7) is 3.14. The predicted octanol–water partition coefficient (Wildman–Crippen LogP) is 1.12. The SMILES string of the molecule is CNCC1CCCCN1S(=O)(=O)NC(C)Cc1ccco1. The zero-order chi connectivity index (χ0) is 15.3. The van der Waals surface area contributed by atoms with Crippen LogP contribution in [0.25, 0.3) is 0 Å². The summed E-state index contributed by atoms with van der Waals surface area (Å²) in [5, 5.41) is 3.08. The van der Waals surface area contributed by atoms with Crippen molar-refractivity contribution >= 4 is 10.2 Å². The molecule has 0 bridgehead atoms. The van der Waals surface area contributed by atoms with Crippen LogP contribution in [-0.2, 0) is 16.6 Å². The van der Waals surface area contributed by atoms with Crippen molar-refractivity contribution in [1.29, 1.82) is 0 Å². The highest BCUT2D eigenvalue weighted by Gasteiger charge is 2.32. The predicted molar refractivity (Wildman–Crippen MR) is 82.2 cm³/mol. The van der Waals surface area contributed by atoms with Gasteiger partial charge in [-0.15, -0.1) is 0 Å². The summed E-state index contributed by atoms with van der Waals surface area (Å²) in [4.78, 5) is 0. The van der Waals surface area contributed by atoms with E-state index >= 15 is 0 Å². The molecule has 1 aliphatic rings. The molecular weight excluding hydrogens is 290 g/mol. The lowest BCUT2D eigenvalue weighted by atomic mass is 10.1. The molecule has 21 heavy (non-hydrogen) atoms. The second-order valence-corrected chi connectivity index (χ2v) is 7.28. The first kappa shape index (κ1) is 16.5. The molecule has 1 fully saturated rings. The number of nitrogens with one attached hydrogen (secondary N) is 2. The van der Waals surface area contributed by atoms with Gasteiger partial charge in [0.15, 0.2) is 0 Å². The van der Waals surface area contributed by atoms with Gasteiger partial charge in [-0.05, 0) is 38.9 Å². The Hall–Kier alpha value is -0.890. The third-order valence-electron chi connectivity index (χ3n) is 3.76. The third kappa shape index (κ3) is 4.54. The van der Waals surface area contributed by atoms with Crippen LogP contribution in [0.3, 0.4) is 0 Å². The number of hydrogen-bond acceptors (Lipinski definition) is 4. The maximum Gasteiger partial charge on any atom is 0.279 e. The summed E-state index contributed by atoms with van der Waals surface area (Å²) < 4.78 is 34.8. The highest BCUT2D eigenvalue weighted by molar-refractivity contribution is 7.87. The zero-order valence-corrected chi connectivity index (χ0v) is 13.5. The fraction of sp³-hybridized carbons (Fsp3) is 0.714. The molecule has 2 N–H and O–H groups in total. The van der Waals surface area contributed by atoms with Crippen molar-refractivity contribution in [2.45, 2.75) is 44.7 Å². The van der Waals surface area contributed by atoms with Crippen molar-refractivity contribution in [3.8, 4) is 0 Å². The number of furan rings is 1. The summed E-state index contributed by atoms with van der Waals surface area (Å²) in [5.41, 5.74) is 0. The Morgan fingerprint density at radius 3 is 2.95 bits per heavy atom. The van der Waals surface area contributed by atoms with Crippen LogP contribution in [0, 0.1) is 0 Å². The van der Waals surface area contributed by atoms with E-state index in [9.17, 15) is 8.42 Å². The molecule has 1 saturated heterocycles. The Kier molecular flexibility index (Phi) is 5.80. The van der Waals surface area contributed by atoms with Crippen molar-refractivity contribution < 1.29 is 12.8 Å². The van der Waals surface area contributed by atoms with Crippen LogP contribution in [0.4, 0.5) is 0 Å². The molecule has 0 radical (unpaired) electrons. The lowest BCUT2D eigenvalue weighted by Crippen LogP contribution is -2.53. The average Bonchev–Trinajstić information content (AvgIpc) is 2.91. The van der Waals surface area contributed by atoms with Gasteiger partial charge in [0.1, 0.15) is 5.76 Å². The molecule has 2 atom stereocenters. The standard InChI is InChI=1S/C14H25N3O3S/c1-12(10-14-7-5-9-20-14)16-21(18,19)17-8-4-3-6-13(17)11-15-2/h5,7,9,12-13,15-16H,3-4,6,8,10-11H2,1-2H3. The molecule has 0 amide bonds. The normalized spacial score (nSPS) is 22.3. The maximum atomic E-state index is 12.6. The van der Waals surface area contributed by atoms with Crippen LogP contribution >= 0.6 is 0 Å². The smallest absolute Gasteiger partial charge is 0.279 e. The summed E-state index contributed by atoms with van der Waals surface area (Å²) in [7, 11) is -1.60. The first-order chi connectivity index (χ1) is 10.0. The number of hydrogen-bond donors (Lipinski definition) is 2. The first-order valence-corrected chi connectivity index (χ1v) is 8.93. The maximum absolute atomic E-state index is 12.6. The van der Waals surface area contributed by atoms with Gasteiger partial charge in [-0.2, -0.15) is 17.4 Å². The number of likely N-dealkylation sites (N-methyl/N-ethyl adjacent to an activating group) is 1. The van der Waals surface area contributed by atoms with Crippen molar-refractivity contribution in [2.75, 3.05) is 20.1 Å². The summed E-state index contributed by atoms with van der Waals surface area (Å²) >= 11 is 0. The molecule has 0 spiro atoms. The lowest BCUT2D eigenvalue weighted by Gasteiger charge is -2.35. The first-order valence-electron chi connectivity index (χ1n) is 7.49. The quantitative estimate of drug-likeness (QED) is 0.791. The van der Waals surface area contributed by atoms with Crippen LogP contribution in [0.5, 0.6) is 0 Å². The molecule has 1 aromatic heterocycles. The van der Waals surface area contributed by atoms with E-state index < -0.39 is 10.2 Å². The van der Waals surface area contributed by atoms with Crippen LogP contribution < -0.4 is 10.0 Å². The van der Waals surface area contributed by atoms with Gasteiger partial charge >= 0.3 is 0 Å². The second-order valence-electron chi connectivity index (χ2n) is 5.63. The Morgan fingerprint density at radius 2 is 2.29 bits per heavy atom. The fourth-order valence-electron chi connectivity index (χ4n) is 2.82. The van der Waals surface area contributed by atoms with Gasteiger partial charge in [0.05, 0.1) is 6.26 Å². The molecule has 120 valence electrons. The minimum atomic E-state index is -3.46. The van der Waals surface area contributed by atoms with E-state index in [4.69, 9.17) is 4.42 Å². The summed E-state index contributed by atoms with van der Waals surface area (Å²) in [6.07, 6.45) is 5.07. The van der Waals surface area contributed by atoms with Crippen molar-refractivity contribution in [2.24, 2.45) is 0 Å². The minimum absolute atomic E-state index is 0.0389. The molecule has 2 heterocycles. The molecule has 2 rings (SSSR count). The van der Waals surface area contributed by atoms with Crippen LogP contribution in [-0.4, -0.2) is 44.9 Å². The van der Waals surface area contributed by atoms with Gasteiger partial charge in [-0.1, -0.05) is 6.42 Å². The Bertz CT molecular complexity index is 514. The van der Waals surface area contributed by atoms with Crippen LogP contribution in [0.2, 0.25) is 0 Å². The Balaban J connectivity index is 1.98. The monoisotopic (exact) mass is 315 g/mol. The highest BCUT2D eigenvalue weighted by atomic mass is 32.2. The lowest BCUT2D eigenvalue weighted by molar-refractivity contribution is 0.244. The number of nitrogens with zero attached hydrogens (tertiary/aromatic N) is 1. The molecule has 0 aliphatic carbocycles. The molecule has 0 aromatic carbocycles. The molecule has 6 nitrogen and oxygen atoms in total. The summed E-state index contributed by atoms with van der Waals surface area (Å²) in [6, 6.07) is 3.51. The molecular formula is C14H25N3O3S. The Labute approximate surface area is 127 Å². The van der Waals surface area contributed by atoms with Crippen LogP contribution in [0.15, 0.2) is 22.8 Å². The number of piperidine rings is 1. The van der Waals surface area contributed by atoms with Crippen molar-refractivity contribution in [1.82, 2.24) is 14.3 Å². The third-order valence-corrected chi connectivity index (χ3v) is 5.56. The number of rotatable bonds is 7. The van der Waals surface area contributed by atoms with Crippen molar-refractivity contribution in [3.05, 3.63) is 24.2 Å². The van der Waals surface area contributed by atoms with E-state index in [0.717, 1.165) is 25.0 Å². The minimum Gasteiger partial charge on any atom is -0.469 e. The van der Waals surface area contributed by atoms with E-state index in [1.165, 1.54) is 0 Å². The van der Waals surface area contributed by atoms with E-state index in [2.05, 4.69) is 10.0 Å². The fourth-order valence-corrected chi connectivity index (χ4v) is 4.49. The van der Waals surface area contributed by atoms with Gasteiger partial charge in [0, 0.05) is 31.6 Å². The summed E-state index contributed by atoms with van der Waals surface area (Å²) in [5.74, 6) is 0.788. The van der Waals surface area contributed by atoms with Crippen molar-refractivity contribution in [3.63, 3.8) is 0 Å². The molecule has 0 saturated carbocycles. The topological polar surface area (TPSA) is 74.6 Å². The molecule has 1 aromatic rings. The van der Waals surface area contributed by atoms with Gasteiger partial charge in [0.2, 0.25) is 0 Å². The largest absolute Gasteiger partial charge is 0.469 e. The van der Waals surface area contributed by atoms with Crippen LogP contribution in [0.1, 0.15) is 31.9 Å². The molecule has 2 unspecified atom stereocenters. The van der Waals surface area contributed by atoms with Gasteiger partial charge < -0.3 is 9.73 Å². The molecule has 1 aliphatic heterocycles. The van der Waals surface area contributed by atoms with E-state index in [1.807, 2.05) is 26.1 Å². The van der Waals surface area contributed by atoms with E-state index in [0.29, 0.717) is 19.5 Å². The second kappa shape index (κ2) is 7.40. The van der Waals surface area contributed by atoms with E-state index in [1.54, 1.807) is 10.6 Å². The van der Waals surface area contributed by atoms with Gasteiger partial charge in [0.25, 0.3) is 10.2 Å². The van der Waals surface area contributed by atoms with Gasteiger partial charge in [-0.3, -0.25) is 0 Å². The van der Waals surface area contributed by atoms with Gasteiger partial charge in [-0.25, -0.2) is 0 Å². The van der Waals surface area contributed by atoms with E-state index in [-0.39, 0.29) is 12.1 Å². The molecule has 7 heteroatoms. The average molecular weight is 315 g/mol. The Morgan fingerprint density at radius 1 is 1.48 bits per heavy atom. The highest BCUT2D eigenvalue weighted by Crippen LogP contribution is 2.19.